The van der Waals surface area contributed by atoms with Gasteiger partial charge in [-0.3, -0.25) is 14.2 Å². The Labute approximate surface area is 204 Å². The SMILES string of the molecule is C1CCOC1.Cc1cc(Cl)cc(C)c1-n1cc(C(=O)C(Br)c2ccc(F)cc2F)ccc1=O. The molecule has 0 N–H and O–H groups in total. The minimum Gasteiger partial charge on any atom is -0.381 e. The number of aryl methyl sites for hydroxylation is 2. The van der Waals surface area contributed by atoms with Crippen molar-refractivity contribution < 1.29 is 18.3 Å². The Morgan fingerprint density at radius 2 is 1.70 bits per heavy atom. The number of nitrogens with zero attached hydrogens (tertiary/aromatic N) is 1. The number of aromatic nitrogens is 1. The van der Waals surface area contributed by atoms with Gasteiger partial charge in [0.05, 0.1) is 5.69 Å². The van der Waals surface area contributed by atoms with E-state index in [9.17, 15) is 18.4 Å². The van der Waals surface area contributed by atoms with Gasteiger partial charge in [0.25, 0.3) is 5.56 Å². The molecule has 0 bridgehead atoms. The van der Waals surface area contributed by atoms with Crippen LogP contribution in [-0.4, -0.2) is 23.6 Å². The van der Waals surface area contributed by atoms with E-state index >= 15 is 0 Å². The first-order chi connectivity index (χ1) is 15.7. The summed E-state index contributed by atoms with van der Waals surface area (Å²) in [4.78, 5) is 24.3. The molecule has 8 heteroatoms. The van der Waals surface area contributed by atoms with Crippen LogP contribution in [0.2, 0.25) is 5.02 Å². The molecular formula is C25H23BrClF2NO3. The number of hydrogen-bond acceptors (Lipinski definition) is 3. The first-order valence-corrected chi connectivity index (χ1v) is 11.7. The number of halogens is 4. The van der Waals surface area contributed by atoms with Gasteiger partial charge in [-0.1, -0.05) is 33.6 Å². The standard InChI is InChI=1S/C21H15BrClF2NO2.C4H8O/c1-11-7-14(23)8-12(2)20(11)26-10-13(3-6-18(26)27)21(28)19(22)16-5-4-15(24)9-17(16)25;1-2-4-5-3-1/h3-10,19H,1-2H3;1-4H2. The molecule has 0 spiro atoms. The number of ether oxygens (including phenoxy) is 1. The van der Waals surface area contributed by atoms with Gasteiger partial charge < -0.3 is 4.74 Å². The molecule has 0 radical (unpaired) electrons. The summed E-state index contributed by atoms with van der Waals surface area (Å²) in [6.07, 6.45) is 3.98. The topological polar surface area (TPSA) is 48.3 Å². The van der Waals surface area contributed by atoms with Crippen LogP contribution in [0.3, 0.4) is 0 Å². The molecule has 1 aliphatic rings. The molecular weight excluding hydrogens is 516 g/mol. The summed E-state index contributed by atoms with van der Waals surface area (Å²) in [5.74, 6) is -2.01. The van der Waals surface area contributed by atoms with Crippen LogP contribution in [0.25, 0.3) is 5.69 Å². The fraction of sp³-hybridized carbons (Fsp3) is 0.280. The number of carbonyl (C=O) groups excluding carboxylic acids is 1. The molecule has 1 aromatic heterocycles. The van der Waals surface area contributed by atoms with Crippen molar-refractivity contribution in [2.45, 2.75) is 31.5 Å². The lowest BCUT2D eigenvalue weighted by Gasteiger charge is -2.15. The summed E-state index contributed by atoms with van der Waals surface area (Å²) >= 11 is 9.24. The number of hydrogen-bond donors (Lipinski definition) is 0. The minimum atomic E-state index is -1.02. The van der Waals surface area contributed by atoms with Gasteiger partial charge in [-0.25, -0.2) is 8.78 Å². The van der Waals surface area contributed by atoms with Crippen LogP contribution in [0.1, 0.15) is 44.7 Å². The zero-order valence-electron chi connectivity index (χ0n) is 18.2. The van der Waals surface area contributed by atoms with Gasteiger partial charge in [-0.15, -0.1) is 0 Å². The van der Waals surface area contributed by atoms with Crippen molar-refractivity contribution in [2.24, 2.45) is 0 Å². The molecule has 1 fully saturated rings. The molecule has 0 saturated carbocycles. The molecule has 1 saturated heterocycles. The molecule has 3 aromatic rings. The number of carbonyl (C=O) groups is 1. The quantitative estimate of drug-likeness (QED) is 0.281. The lowest BCUT2D eigenvalue weighted by molar-refractivity contribution is 0.0989. The lowest BCUT2D eigenvalue weighted by atomic mass is 10.0. The Bertz CT molecular complexity index is 1190. The molecule has 1 atom stereocenters. The smallest absolute Gasteiger partial charge is 0.255 e. The van der Waals surface area contributed by atoms with E-state index < -0.39 is 22.2 Å². The highest BCUT2D eigenvalue weighted by Gasteiger charge is 2.23. The fourth-order valence-electron chi connectivity index (χ4n) is 3.60. The molecule has 4 nitrogen and oxygen atoms in total. The molecule has 33 heavy (non-hydrogen) atoms. The maximum atomic E-state index is 14.0. The summed E-state index contributed by atoms with van der Waals surface area (Å²) in [6, 6.07) is 9.14. The monoisotopic (exact) mass is 537 g/mol. The van der Waals surface area contributed by atoms with E-state index in [2.05, 4.69) is 15.9 Å². The van der Waals surface area contributed by atoms with Crippen LogP contribution < -0.4 is 5.56 Å². The van der Waals surface area contributed by atoms with Gasteiger partial charge in [0, 0.05) is 47.7 Å². The first kappa shape index (κ1) is 25.3. The average Bonchev–Trinajstić information content (AvgIpc) is 3.34. The zero-order chi connectivity index (χ0) is 24.1. The third-order valence-electron chi connectivity index (χ3n) is 5.19. The number of pyridine rings is 1. The predicted molar refractivity (Wildman–Crippen MR) is 129 cm³/mol. The number of alkyl halides is 1. The second-order valence-corrected chi connectivity index (χ2v) is 9.08. The molecule has 2 aromatic carbocycles. The van der Waals surface area contributed by atoms with Gasteiger partial charge in [-0.05, 0) is 62.1 Å². The Kier molecular flexibility index (Phi) is 8.57. The van der Waals surface area contributed by atoms with Gasteiger partial charge in [0.15, 0.2) is 5.78 Å². The summed E-state index contributed by atoms with van der Waals surface area (Å²) in [5.41, 5.74) is 2.09. The average molecular weight is 539 g/mol. The highest BCUT2D eigenvalue weighted by atomic mass is 79.9. The Balaban J connectivity index is 0.000000541. The lowest BCUT2D eigenvalue weighted by Crippen LogP contribution is -2.21. The Morgan fingerprint density at radius 3 is 2.24 bits per heavy atom. The van der Waals surface area contributed by atoms with E-state index in [0.29, 0.717) is 10.7 Å². The molecule has 0 aliphatic carbocycles. The van der Waals surface area contributed by atoms with E-state index in [-0.39, 0.29) is 16.7 Å². The summed E-state index contributed by atoms with van der Waals surface area (Å²) in [6.45, 7) is 5.63. The van der Waals surface area contributed by atoms with Crippen molar-refractivity contribution in [3.8, 4) is 5.69 Å². The summed E-state index contributed by atoms with van der Waals surface area (Å²) < 4.78 is 33.5. The Hall–Kier alpha value is -2.35. The van der Waals surface area contributed by atoms with Crippen LogP contribution in [0, 0.1) is 25.5 Å². The predicted octanol–water partition coefficient (Wildman–Crippen LogP) is 6.50. The van der Waals surface area contributed by atoms with E-state index in [4.69, 9.17) is 16.3 Å². The van der Waals surface area contributed by atoms with E-state index in [1.807, 2.05) is 13.8 Å². The number of Topliss-reactive ketones (excluding diaryl/α,β-unsaturated/α-hetero) is 1. The molecule has 0 amide bonds. The van der Waals surface area contributed by atoms with Crippen LogP contribution in [0.5, 0.6) is 0 Å². The van der Waals surface area contributed by atoms with Crippen LogP contribution in [-0.2, 0) is 4.74 Å². The van der Waals surface area contributed by atoms with Crippen molar-refractivity contribution in [3.63, 3.8) is 0 Å². The van der Waals surface area contributed by atoms with Gasteiger partial charge in [0.1, 0.15) is 16.5 Å². The maximum Gasteiger partial charge on any atom is 0.255 e. The highest BCUT2D eigenvalue weighted by molar-refractivity contribution is 9.09. The van der Waals surface area contributed by atoms with Gasteiger partial charge in [-0.2, -0.15) is 0 Å². The highest BCUT2D eigenvalue weighted by Crippen LogP contribution is 2.30. The van der Waals surface area contributed by atoms with Crippen LogP contribution >= 0.6 is 27.5 Å². The van der Waals surface area contributed by atoms with E-state index in [1.54, 1.807) is 12.1 Å². The van der Waals surface area contributed by atoms with Crippen molar-refractivity contribution in [2.75, 3.05) is 13.2 Å². The number of ketones is 1. The Morgan fingerprint density at radius 1 is 1.06 bits per heavy atom. The third-order valence-corrected chi connectivity index (χ3v) is 6.31. The van der Waals surface area contributed by atoms with Gasteiger partial charge >= 0.3 is 0 Å². The molecule has 1 unspecified atom stereocenters. The van der Waals surface area contributed by atoms with E-state index in [0.717, 1.165) is 36.5 Å². The second kappa shape index (κ2) is 11.2. The molecule has 1 aliphatic heterocycles. The minimum absolute atomic E-state index is 0.0167. The van der Waals surface area contributed by atoms with Crippen molar-refractivity contribution in [3.05, 3.63) is 97.9 Å². The molecule has 4 rings (SSSR count). The zero-order valence-corrected chi connectivity index (χ0v) is 20.6. The third kappa shape index (κ3) is 6.16. The van der Waals surface area contributed by atoms with Gasteiger partial charge in [0.2, 0.25) is 0 Å². The second-order valence-electron chi connectivity index (χ2n) is 7.73. The van der Waals surface area contributed by atoms with Crippen molar-refractivity contribution in [1.82, 2.24) is 4.57 Å². The van der Waals surface area contributed by atoms with Crippen LogP contribution in [0.4, 0.5) is 8.78 Å². The summed E-state index contributed by atoms with van der Waals surface area (Å²) in [5, 5.41) is 0.548. The van der Waals surface area contributed by atoms with Crippen LogP contribution in [0.15, 0.2) is 53.5 Å². The largest absolute Gasteiger partial charge is 0.381 e. The van der Waals surface area contributed by atoms with Crippen molar-refractivity contribution in [1.29, 1.82) is 0 Å². The fourth-order valence-corrected chi connectivity index (χ4v) is 4.56. The maximum absolute atomic E-state index is 14.0. The normalized spacial score (nSPS) is 13.9. The summed E-state index contributed by atoms with van der Waals surface area (Å²) in [7, 11) is 0. The van der Waals surface area contributed by atoms with Crippen molar-refractivity contribution >= 4 is 33.3 Å². The van der Waals surface area contributed by atoms with E-state index in [1.165, 1.54) is 41.8 Å². The molecule has 174 valence electrons. The number of rotatable bonds is 4. The number of benzene rings is 2. The molecule has 2 heterocycles. The first-order valence-electron chi connectivity index (χ1n) is 10.4.